The smallest absolute Gasteiger partial charge is 0.315 e. The average molecular weight is 289 g/mol. The molecule has 1 aliphatic rings. The van der Waals surface area contributed by atoms with Crippen molar-refractivity contribution < 1.29 is 14.6 Å². The van der Waals surface area contributed by atoms with Gasteiger partial charge in [0, 0.05) is 29.9 Å². The van der Waals surface area contributed by atoms with Crippen molar-refractivity contribution in [2.75, 3.05) is 13.2 Å². The number of rotatable bonds is 3. The lowest BCUT2D eigenvalue weighted by molar-refractivity contribution is -0.147. The van der Waals surface area contributed by atoms with E-state index in [4.69, 9.17) is 4.74 Å². The van der Waals surface area contributed by atoms with Crippen molar-refractivity contribution in [1.29, 1.82) is 0 Å². The van der Waals surface area contributed by atoms with Crippen LogP contribution in [0.15, 0.2) is 36.5 Å². The largest absolute Gasteiger partial charge is 0.481 e. The maximum Gasteiger partial charge on any atom is 0.315 e. The number of benzene rings is 1. The minimum absolute atomic E-state index is 0.491. The third-order valence-electron chi connectivity index (χ3n) is 3.75. The lowest BCUT2D eigenvalue weighted by Gasteiger charge is -2.31. The summed E-state index contributed by atoms with van der Waals surface area (Å²) in [5.74, 6) is -0.774. The van der Waals surface area contributed by atoms with Gasteiger partial charge in [-0.1, -0.05) is 30.3 Å². The number of hydrogen-bond donors (Lipinski definition) is 1. The SMILES string of the molecule is O=C(O)C1(c2cnc(-c3ccccc3)s2)CCOCC1. The van der Waals surface area contributed by atoms with Crippen LogP contribution in [0.25, 0.3) is 10.6 Å². The van der Waals surface area contributed by atoms with Crippen LogP contribution in [-0.4, -0.2) is 29.3 Å². The minimum atomic E-state index is -0.830. The summed E-state index contributed by atoms with van der Waals surface area (Å²) in [5, 5.41) is 10.5. The number of hydrogen-bond acceptors (Lipinski definition) is 4. The second-order valence-corrected chi connectivity index (χ2v) is 5.93. The predicted octanol–water partition coefficient (Wildman–Crippen LogP) is 2.94. The molecule has 0 unspecified atom stereocenters. The monoisotopic (exact) mass is 289 g/mol. The highest BCUT2D eigenvalue weighted by Gasteiger charge is 2.43. The van der Waals surface area contributed by atoms with Crippen LogP contribution in [0.2, 0.25) is 0 Å². The number of carboxylic acid groups (broad SMARTS) is 1. The molecular weight excluding hydrogens is 274 g/mol. The summed E-state index contributed by atoms with van der Waals surface area (Å²) >= 11 is 1.47. The Morgan fingerprint density at radius 2 is 1.95 bits per heavy atom. The number of carboxylic acids is 1. The highest BCUT2D eigenvalue weighted by atomic mass is 32.1. The standard InChI is InChI=1S/C15H15NO3S/c17-14(18)15(6-8-19-9-7-15)12-10-16-13(20-12)11-4-2-1-3-5-11/h1-5,10H,6-9H2,(H,17,18). The van der Waals surface area contributed by atoms with Crippen LogP contribution in [0.1, 0.15) is 17.7 Å². The summed E-state index contributed by atoms with van der Waals surface area (Å²) < 4.78 is 5.31. The number of ether oxygens (including phenoxy) is 1. The van der Waals surface area contributed by atoms with Crippen molar-refractivity contribution in [1.82, 2.24) is 4.98 Å². The molecule has 1 aromatic carbocycles. The molecule has 0 radical (unpaired) electrons. The number of carbonyl (C=O) groups is 1. The van der Waals surface area contributed by atoms with Crippen LogP contribution in [0.3, 0.4) is 0 Å². The van der Waals surface area contributed by atoms with E-state index in [2.05, 4.69) is 4.98 Å². The molecule has 3 rings (SSSR count). The first-order valence-electron chi connectivity index (χ1n) is 6.55. The maximum absolute atomic E-state index is 11.7. The van der Waals surface area contributed by atoms with Crippen LogP contribution < -0.4 is 0 Å². The molecule has 20 heavy (non-hydrogen) atoms. The zero-order valence-corrected chi connectivity index (χ0v) is 11.7. The van der Waals surface area contributed by atoms with Crippen molar-refractivity contribution in [2.24, 2.45) is 0 Å². The lowest BCUT2D eigenvalue weighted by Crippen LogP contribution is -2.40. The Morgan fingerprint density at radius 3 is 2.60 bits per heavy atom. The number of aliphatic carboxylic acids is 1. The normalized spacial score (nSPS) is 17.8. The maximum atomic E-state index is 11.7. The van der Waals surface area contributed by atoms with Gasteiger partial charge in [0.25, 0.3) is 0 Å². The summed E-state index contributed by atoms with van der Waals surface area (Å²) in [4.78, 5) is 17.0. The molecule has 1 N–H and O–H groups in total. The summed E-state index contributed by atoms with van der Waals surface area (Å²) in [6.45, 7) is 0.982. The van der Waals surface area contributed by atoms with Gasteiger partial charge >= 0.3 is 5.97 Å². The minimum Gasteiger partial charge on any atom is -0.481 e. The van der Waals surface area contributed by atoms with Gasteiger partial charge in [0.2, 0.25) is 0 Å². The molecule has 4 nitrogen and oxygen atoms in total. The van der Waals surface area contributed by atoms with Crippen molar-refractivity contribution in [3.8, 4) is 10.6 Å². The van der Waals surface area contributed by atoms with Gasteiger partial charge in [-0.25, -0.2) is 4.98 Å². The molecule has 1 saturated heterocycles. The van der Waals surface area contributed by atoms with Crippen LogP contribution >= 0.6 is 11.3 Å². The van der Waals surface area contributed by atoms with E-state index in [-0.39, 0.29) is 0 Å². The Morgan fingerprint density at radius 1 is 1.25 bits per heavy atom. The van der Waals surface area contributed by atoms with Gasteiger partial charge in [-0.15, -0.1) is 11.3 Å². The third-order valence-corrected chi connectivity index (χ3v) is 5.00. The molecule has 0 atom stereocenters. The first-order valence-corrected chi connectivity index (χ1v) is 7.37. The lowest BCUT2D eigenvalue weighted by atomic mass is 9.79. The van der Waals surface area contributed by atoms with Crippen molar-refractivity contribution >= 4 is 17.3 Å². The van der Waals surface area contributed by atoms with Crippen LogP contribution in [-0.2, 0) is 14.9 Å². The molecule has 1 aromatic heterocycles. The second-order valence-electron chi connectivity index (χ2n) is 4.90. The summed E-state index contributed by atoms with van der Waals surface area (Å²) in [7, 11) is 0. The fourth-order valence-corrected chi connectivity index (χ4v) is 3.65. The van der Waals surface area contributed by atoms with E-state index in [1.165, 1.54) is 11.3 Å². The number of aromatic nitrogens is 1. The van der Waals surface area contributed by atoms with Crippen LogP contribution in [0.5, 0.6) is 0 Å². The number of thiazole rings is 1. The van der Waals surface area contributed by atoms with Crippen molar-refractivity contribution in [2.45, 2.75) is 18.3 Å². The molecule has 0 spiro atoms. The predicted molar refractivity (Wildman–Crippen MR) is 76.9 cm³/mol. The molecule has 104 valence electrons. The summed E-state index contributed by atoms with van der Waals surface area (Å²) in [5.41, 5.74) is 0.194. The molecular formula is C15H15NO3S. The Labute approximate surface area is 121 Å². The van der Waals surface area contributed by atoms with E-state index in [0.717, 1.165) is 15.4 Å². The van der Waals surface area contributed by atoms with E-state index in [1.807, 2.05) is 30.3 Å². The first kappa shape index (κ1) is 13.3. The molecule has 5 heteroatoms. The van der Waals surface area contributed by atoms with Crippen LogP contribution in [0, 0.1) is 0 Å². The molecule has 1 fully saturated rings. The molecule has 0 bridgehead atoms. The molecule has 2 heterocycles. The van der Waals surface area contributed by atoms with E-state index in [1.54, 1.807) is 6.20 Å². The van der Waals surface area contributed by atoms with E-state index in [9.17, 15) is 9.90 Å². The molecule has 1 aliphatic heterocycles. The van der Waals surface area contributed by atoms with E-state index in [0.29, 0.717) is 26.1 Å². The Kier molecular flexibility index (Phi) is 3.54. The average Bonchev–Trinajstić information content (AvgIpc) is 2.99. The molecule has 2 aromatic rings. The Balaban J connectivity index is 1.98. The Hall–Kier alpha value is -1.72. The quantitative estimate of drug-likeness (QED) is 0.943. The fraction of sp³-hybridized carbons (Fsp3) is 0.333. The van der Waals surface area contributed by atoms with Gasteiger partial charge < -0.3 is 9.84 Å². The first-order chi connectivity index (χ1) is 9.72. The van der Waals surface area contributed by atoms with Gasteiger partial charge in [-0.3, -0.25) is 4.79 Å². The fourth-order valence-electron chi connectivity index (χ4n) is 2.50. The van der Waals surface area contributed by atoms with Gasteiger partial charge in [0.05, 0.1) is 0 Å². The highest BCUT2D eigenvalue weighted by Crippen LogP contribution is 2.40. The van der Waals surface area contributed by atoms with Gasteiger partial charge in [-0.05, 0) is 12.8 Å². The molecule has 0 amide bonds. The van der Waals surface area contributed by atoms with E-state index >= 15 is 0 Å². The van der Waals surface area contributed by atoms with Gasteiger partial charge in [-0.2, -0.15) is 0 Å². The summed E-state index contributed by atoms with van der Waals surface area (Å²) in [6.07, 6.45) is 2.74. The zero-order valence-electron chi connectivity index (χ0n) is 10.9. The van der Waals surface area contributed by atoms with Crippen molar-refractivity contribution in [3.05, 3.63) is 41.4 Å². The zero-order chi connectivity index (χ0) is 14.0. The topological polar surface area (TPSA) is 59.4 Å². The van der Waals surface area contributed by atoms with Crippen LogP contribution in [0.4, 0.5) is 0 Å². The highest BCUT2D eigenvalue weighted by molar-refractivity contribution is 7.15. The van der Waals surface area contributed by atoms with Crippen molar-refractivity contribution in [3.63, 3.8) is 0 Å². The van der Waals surface area contributed by atoms with Gasteiger partial charge in [0.15, 0.2) is 0 Å². The third kappa shape index (κ3) is 2.23. The summed E-state index contributed by atoms with van der Waals surface area (Å²) in [6, 6.07) is 9.84. The number of nitrogens with zero attached hydrogens (tertiary/aromatic N) is 1. The second kappa shape index (κ2) is 5.34. The Bertz CT molecular complexity index is 603. The molecule has 0 aliphatic carbocycles. The molecule has 0 saturated carbocycles. The van der Waals surface area contributed by atoms with Gasteiger partial charge in [0.1, 0.15) is 10.4 Å². The van der Waals surface area contributed by atoms with E-state index < -0.39 is 11.4 Å².